The van der Waals surface area contributed by atoms with Crippen molar-refractivity contribution in [1.82, 2.24) is 15.1 Å². The number of nitrogens with zero attached hydrogens (tertiary/aromatic N) is 3. The number of rotatable bonds is 4. The minimum absolute atomic E-state index is 0.316. The second kappa shape index (κ2) is 5.27. The van der Waals surface area contributed by atoms with Crippen LogP contribution in [-0.2, 0) is 11.3 Å². The van der Waals surface area contributed by atoms with Gasteiger partial charge in [0.25, 0.3) is 5.89 Å². The van der Waals surface area contributed by atoms with Crippen molar-refractivity contribution in [3.63, 3.8) is 0 Å². The van der Waals surface area contributed by atoms with Crippen LogP contribution in [0.5, 0.6) is 0 Å². The largest absolute Gasteiger partial charge is 0.481 e. The van der Waals surface area contributed by atoms with Gasteiger partial charge in [0.15, 0.2) is 10.4 Å². The molecule has 0 spiro atoms. The first kappa shape index (κ1) is 14.3. The number of furan rings is 1. The topological polar surface area (TPSA) is 92.6 Å². The number of hydrogen-bond donors (Lipinski definition) is 1. The minimum atomic E-state index is -0.767. The van der Waals surface area contributed by atoms with Crippen LogP contribution in [0, 0.1) is 5.41 Å². The lowest BCUT2D eigenvalue weighted by Crippen LogP contribution is -2.31. The van der Waals surface area contributed by atoms with Gasteiger partial charge in [-0.15, -0.1) is 10.2 Å². The molecule has 1 aliphatic heterocycles. The molecule has 1 atom stereocenters. The zero-order valence-electron chi connectivity index (χ0n) is 11.4. The number of carboxylic acid groups (broad SMARTS) is 1. The Kier molecular flexibility index (Phi) is 3.58. The normalized spacial score (nSPS) is 22.8. The van der Waals surface area contributed by atoms with E-state index in [9.17, 15) is 9.90 Å². The number of aliphatic carboxylic acids is 1. The van der Waals surface area contributed by atoms with Gasteiger partial charge in [-0.3, -0.25) is 9.69 Å². The highest BCUT2D eigenvalue weighted by Gasteiger charge is 2.40. The summed E-state index contributed by atoms with van der Waals surface area (Å²) in [5, 5.41) is 17.1. The van der Waals surface area contributed by atoms with Crippen molar-refractivity contribution in [2.45, 2.75) is 19.9 Å². The van der Waals surface area contributed by atoms with Gasteiger partial charge in [0.2, 0.25) is 5.89 Å². The summed E-state index contributed by atoms with van der Waals surface area (Å²) in [4.78, 5) is 13.2. The zero-order valence-corrected chi connectivity index (χ0v) is 13.0. The van der Waals surface area contributed by atoms with Gasteiger partial charge in [0.05, 0.1) is 12.0 Å². The molecule has 0 amide bonds. The lowest BCUT2D eigenvalue weighted by Gasteiger charge is -2.18. The molecule has 0 radical (unpaired) electrons. The molecule has 1 aliphatic rings. The fourth-order valence-electron chi connectivity index (χ4n) is 2.40. The summed E-state index contributed by atoms with van der Waals surface area (Å²) in [5.74, 6) is 0.497. The minimum Gasteiger partial charge on any atom is -0.481 e. The lowest BCUT2D eigenvalue weighted by molar-refractivity contribution is -0.147. The highest BCUT2D eigenvalue weighted by molar-refractivity contribution is 9.10. The molecule has 3 heterocycles. The van der Waals surface area contributed by atoms with E-state index < -0.39 is 11.4 Å². The molecule has 8 heteroatoms. The quantitative estimate of drug-likeness (QED) is 0.899. The average Bonchev–Trinajstić information content (AvgIpc) is 3.11. The molecule has 112 valence electrons. The van der Waals surface area contributed by atoms with Crippen LogP contribution in [0.3, 0.4) is 0 Å². The first-order valence-corrected chi connectivity index (χ1v) is 7.29. The Balaban J connectivity index is 1.67. The third-order valence-electron chi connectivity index (χ3n) is 3.68. The van der Waals surface area contributed by atoms with Crippen molar-refractivity contribution in [3.8, 4) is 11.7 Å². The van der Waals surface area contributed by atoms with Gasteiger partial charge in [-0.05, 0) is 48.0 Å². The van der Waals surface area contributed by atoms with Crippen molar-refractivity contribution in [3.05, 3.63) is 22.7 Å². The Morgan fingerprint density at radius 2 is 2.29 bits per heavy atom. The van der Waals surface area contributed by atoms with Gasteiger partial charge >= 0.3 is 5.97 Å². The summed E-state index contributed by atoms with van der Waals surface area (Å²) in [7, 11) is 0. The third-order valence-corrected chi connectivity index (χ3v) is 4.10. The van der Waals surface area contributed by atoms with E-state index in [0.29, 0.717) is 48.3 Å². The number of aromatic nitrogens is 2. The van der Waals surface area contributed by atoms with E-state index >= 15 is 0 Å². The summed E-state index contributed by atoms with van der Waals surface area (Å²) < 4.78 is 11.5. The molecule has 2 aromatic rings. The molecular weight excluding hydrogens is 342 g/mol. The summed E-state index contributed by atoms with van der Waals surface area (Å²) in [6.07, 6.45) is 0.620. The third kappa shape index (κ3) is 2.86. The van der Waals surface area contributed by atoms with E-state index in [1.165, 1.54) is 0 Å². The fraction of sp³-hybridized carbons (Fsp3) is 0.462. The summed E-state index contributed by atoms with van der Waals surface area (Å²) in [6, 6.07) is 3.48. The van der Waals surface area contributed by atoms with Gasteiger partial charge in [0.1, 0.15) is 0 Å². The maximum atomic E-state index is 11.2. The summed E-state index contributed by atoms with van der Waals surface area (Å²) in [5.41, 5.74) is -0.700. The van der Waals surface area contributed by atoms with Crippen molar-refractivity contribution in [2.75, 3.05) is 13.1 Å². The summed E-state index contributed by atoms with van der Waals surface area (Å²) >= 11 is 3.21. The highest BCUT2D eigenvalue weighted by Crippen LogP contribution is 2.31. The number of likely N-dealkylation sites (tertiary alicyclic amines) is 1. The Labute approximate surface area is 129 Å². The molecule has 1 N–H and O–H groups in total. The van der Waals surface area contributed by atoms with Gasteiger partial charge in [0, 0.05) is 6.54 Å². The Hall–Kier alpha value is -1.67. The molecule has 0 bridgehead atoms. The molecule has 2 aromatic heterocycles. The van der Waals surface area contributed by atoms with Crippen LogP contribution in [0.1, 0.15) is 19.2 Å². The molecule has 0 saturated carbocycles. The fourth-order valence-corrected chi connectivity index (χ4v) is 2.71. The SMILES string of the molecule is CC1(C(=O)O)CCN(Cc2nnc(-c3ccc(Br)o3)o2)C1. The van der Waals surface area contributed by atoms with Gasteiger partial charge in [-0.2, -0.15) is 0 Å². The van der Waals surface area contributed by atoms with Gasteiger partial charge in [-0.1, -0.05) is 0 Å². The van der Waals surface area contributed by atoms with E-state index in [1.807, 2.05) is 4.90 Å². The molecule has 21 heavy (non-hydrogen) atoms. The average molecular weight is 356 g/mol. The van der Waals surface area contributed by atoms with Crippen LogP contribution in [0.4, 0.5) is 0 Å². The van der Waals surface area contributed by atoms with Crippen LogP contribution in [0.25, 0.3) is 11.7 Å². The van der Waals surface area contributed by atoms with Crippen molar-refractivity contribution >= 4 is 21.9 Å². The van der Waals surface area contributed by atoms with Gasteiger partial charge in [-0.25, -0.2) is 0 Å². The molecule has 1 saturated heterocycles. The smallest absolute Gasteiger partial charge is 0.310 e. The van der Waals surface area contributed by atoms with Crippen molar-refractivity contribution < 1.29 is 18.7 Å². The van der Waals surface area contributed by atoms with Crippen molar-refractivity contribution in [2.24, 2.45) is 5.41 Å². The second-order valence-corrected chi connectivity index (χ2v) is 6.21. The maximum Gasteiger partial charge on any atom is 0.310 e. The molecular formula is C13H14BrN3O4. The monoisotopic (exact) mass is 355 g/mol. The molecule has 0 aromatic carbocycles. The standard InChI is InChI=1S/C13H14BrN3O4/c1-13(12(18)19)4-5-17(7-13)6-10-15-16-11(21-10)8-2-3-9(14)20-8/h2-3H,4-7H2,1H3,(H,18,19). The molecule has 3 rings (SSSR count). The number of hydrogen-bond acceptors (Lipinski definition) is 6. The molecule has 1 fully saturated rings. The molecule has 0 aliphatic carbocycles. The van der Waals surface area contributed by atoms with Crippen LogP contribution < -0.4 is 0 Å². The predicted octanol–water partition coefficient (Wildman–Crippen LogP) is 2.39. The number of carbonyl (C=O) groups is 1. The first-order chi connectivity index (χ1) is 9.96. The Morgan fingerprint density at radius 3 is 2.90 bits per heavy atom. The van der Waals surface area contributed by atoms with Crippen LogP contribution >= 0.6 is 15.9 Å². The van der Waals surface area contributed by atoms with Gasteiger partial charge < -0.3 is 13.9 Å². The summed E-state index contributed by atoms with van der Waals surface area (Å²) in [6.45, 7) is 3.38. The van der Waals surface area contributed by atoms with E-state index in [0.717, 1.165) is 0 Å². The molecule has 7 nitrogen and oxygen atoms in total. The van der Waals surface area contributed by atoms with Crippen molar-refractivity contribution in [1.29, 1.82) is 0 Å². The molecule has 1 unspecified atom stereocenters. The van der Waals surface area contributed by atoms with E-state index in [4.69, 9.17) is 8.83 Å². The highest BCUT2D eigenvalue weighted by atomic mass is 79.9. The predicted molar refractivity (Wildman–Crippen MR) is 75.3 cm³/mol. The Morgan fingerprint density at radius 1 is 1.48 bits per heavy atom. The number of carboxylic acids is 1. The van der Waals surface area contributed by atoms with Crippen LogP contribution in [-0.4, -0.2) is 39.3 Å². The van der Waals surface area contributed by atoms with Crippen LogP contribution in [0.15, 0.2) is 25.6 Å². The zero-order chi connectivity index (χ0) is 15.0. The second-order valence-electron chi connectivity index (χ2n) is 5.43. The van der Waals surface area contributed by atoms with E-state index in [1.54, 1.807) is 19.1 Å². The first-order valence-electron chi connectivity index (χ1n) is 6.50. The van der Waals surface area contributed by atoms with E-state index in [2.05, 4.69) is 26.1 Å². The Bertz CT molecular complexity index is 668. The van der Waals surface area contributed by atoms with Crippen LogP contribution in [0.2, 0.25) is 0 Å². The lowest BCUT2D eigenvalue weighted by atomic mass is 9.90. The number of halogens is 1. The van der Waals surface area contributed by atoms with E-state index in [-0.39, 0.29) is 0 Å². The maximum absolute atomic E-state index is 11.2.